The first-order chi connectivity index (χ1) is 9.89. The summed E-state index contributed by atoms with van der Waals surface area (Å²) in [5.41, 5.74) is 0.902. The van der Waals surface area contributed by atoms with Crippen LogP contribution in [0.4, 0.5) is 18.9 Å². The molecule has 1 fully saturated rings. The van der Waals surface area contributed by atoms with Crippen LogP contribution in [0.1, 0.15) is 19.8 Å². The van der Waals surface area contributed by atoms with E-state index in [0.29, 0.717) is 10.5 Å². The predicted octanol–water partition coefficient (Wildman–Crippen LogP) is 3.93. The van der Waals surface area contributed by atoms with Crippen LogP contribution in [0.15, 0.2) is 22.7 Å². The van der Waals surface area contributed by atoms with E-state index in [1.807, 2.05) is 0 Å². The second-order valence-electron chi connectivity index (χ2n) is 5.05. The van der Waals surface area contributed by atoms with Gasteiger partial charge in [-0.3, -0.25) is 0 Å². The lowest BCUT2D eigenvalue weighted by Crippen LogP contribution is -2.50. The minimum Gasteiger partial charge on any atom is -0.405 e. The maximum Gasteiger partial charge on any atom is 0.573 e. The second kappa shape index (κ2) is 6.87. The van der Waals surface area contributed by atoms with Crippen LogP contribution in [-0.4, -0.2) is 32.0 Å². The molecule has 3 nitrogen and oxygen atoms in total. The van der Waals surface area contributed by atoms with E-state index in [1.54, 1.807) is 12.1 Å². The van der Waals surface area contributed by atoms with E-state index in [0.717, 1.165) is 38.2 Å². The minimum absolute atomic E-state index is 0.216. The molecule has 1 saturated heterocycles. The summed E-state index contributed by atoms with van der Waals surface area (Å²) in [6.07, 6.45) is -2.48. The highest BCUT2D eigenvalue weighted by atomic mass is 79.9. The Kier molecular flexibility index (Phi) is 5.37. The van der Waals surface area contributed by atoms with E-state index in [1.165, 1.54) is 6.07 Å². The molecule has 1 aromatic carbocycles. The summed E-state index contributed by atoms with van der Waals surface area (Å²) in [5, 5.41) is 3.45. The Bertz CT molecular complexity index is 480. The zero-order chi connectivity index (χ0) is 15.5. The maximum atomic E-state index is 12.3. The van der Waals surface area contributed by atoms with Gasteiger partial charge in [-0.1, -0.05) is 13.3 Å². The lowest BCUT2D eigenvalue weighted by Gasteiger charge is -2.35. The fourth-order valence-electron chi connectivity index (χ4n) is 2.50. The van der Waals surface area contributed by atoms with Crippen LogP contribution < -0.4 is 15.0 Å². The normalized spacial score (nSPS) is 19.7. The van der Waals surface area contributed by atoms with Crippen LogP contribution in [0.5, 0.6) is 5.75 Å². The number of alkyl halides is 3. The topological polar surface area (TPSA) is 24.5 Å². The van der Waals surface area contributed by atoms with Gasteiger partial charge >= 0.3 is 6.36 Å². The molecule has 0 aromatic heterocycles. The molecule has 7 heteroatoms. The molecule has 1 atom stereocenters. The van der Waals surface area contributed by atoms with E-state index in [4.69, 9.17) is 0 Å². The fourth-order valence-corrected chi connectivity index (χ4v) is 2.94. The smallest absolute Gasteiger partial charge is 0.405 e. The summed E-state index contributed by atoms with van der Waals surface area (Å²) < 4.78 is 41.0. The number of anilines is 1. The molecule has 0 saturated carbocycles. The summed E-state index contributed by atoms with van der Waals surface area (Å²) in [6, 6.07) is 5.12. The van der Waals surface area contributed by atoms with Crippen molar-refractivity contribution in [2.45, 2.75) is 32.2 Å². The first kappa shape index (κ1) is 16.4. The zero-order valence-electron chi connectivity index (χ0n) is 11.7. The molecule has 0 bridgehead atoms. The molecule has 1 aliphatic rings. The van der Waals surface area contributed by atoms with Crippen LogP contribution in [0.2, 0.25) is 0 Å². The molecule has 118 valence electrons. The first-order valence-electron chi connectivity index (χ1n) is 6.92. The van der Waals surface area contributed by atoms with Gasteiger partial charge < -0.3 is 15.0 Å². The highest BCUT2D eigenvalue weighted by Gasteiger charge is 2.32. The molecular weight excluding hydrogens is 349 g/mol. The molecule has 21 heavy (non-hydrogen) atoms. The van der Waals surface area contributed by atoms with Crippen LogP contribution in [0.3, 0.4) is 0 Å². The third kappa shape index (κ3) is 4.78. The largest absolute Gasteiger partial charge is 0.573 e. The highest BCUT2D eigenvalue weighted by molar-refractivity contribution is 9.10. The van der Waals surface area contributed by atoms with Crippen LogP contribution in [-0.2, 0) is 0 Å². The molecule has 0 aliphatic carbocycles. The molecule has 0 spiro atoms. The quantitative estimate of drug-likeness (QED) is 0.873. The van der Waals surface area contributed by atoms with Gasteiger partial charge in [0.15, 0.2) is 0 Å². The number of halogens is 4. The molecule has 1 aliphatic heterocycles. The fraction of sp³-hybridized carbons (Fsp3) is 0.571. The van der Waals surface area contributed by atoms with Gasteiger partial charge in [0.2, 0.25) is 0 Å². The van der Waals surface area contributed by atoms with Gasteiger partial charge in [0.1, 0.15) is 5.75 Å². The number of benzene rings is 1. The number of piperazine rings is 1. The molecule has 0 amide bonds. The van der Waals surface area contributed by atoms with Gasteiger partial charge in [-0.05, 0) is 40.5 Å². The first-order valence-corrected chi connectivity index (χ1v) is 7.72. The van der Waals surface area contributed by atoms with Crippen molar-refractivity contribution in [3.8, 4) is 5.75 Å². The number of nitrogens with zero attached hydrogens (tertiary/aromatic N) is 1. The molecule has 1 aromatic rings. The Morgan fingerprint density at radius 3 is 2.81 bits per heavy atom. The van der Waals surface area contributed by atoms with Crippen LogP contribution >= 0.6 is 15.9 Å². The molecule has 0 radical (unpaired) electrons. The predicted molar refractivity (Wildman–Crippen MR) is 79.7 cm³/mol. The number of rotatable bonds is 4. The van der Waals surface area contributed by atoms with E-state index in [-0.39, 0.29) is 5.75 Å². The van der Waals surface area contributed by atoms with Gasteiger partial charge in [0.25, 0.3) is 0 Å². The second-order valence-corrected chi connectivity index (χ2v) is 5.90. The Morgan fingerprint density at radius 2 is 2.19 bits per heavy atom. The Hall–Kier alpha value is -0.950. The summed E-state index contributed by atoms with van der Waals surface area (Å²) in [5.74, 6) is -0.216. The van der Waals surface area contributed by atoms with Crippen LogP contribution in [0.25, 0.3) is 0 Å². The van der Waals surface area contributed by atoms with Crippen molar-refractivity contribution in [1.29, 1.82) is 0 Å². The van der Waals surface area contributed by atoms with Crippen molar-refractivity contribution in [1.82, 2.24) is 5.32 Å². The highest BCUT2D eigenvalue weighted by Crippen LogP contribution is 2.33. The van der Waals surface area contributed by atoms with Gasteiger partial charge in [0, 0.05) is 31.4 Å². The Morgan fingerprint density at radius 1 is 1.43 bits per heavy atom. The monoisotopic (exact) mass is 366 g/mol. The molecule has 1 heterocycles. The third-order valence-corrected chi connectivity index (χ3v) is 4.02. The maximum absolute atomic E-state index is 12.3. The standard InChI is InChI=1S/C14H18BrF3N2O/c1-2-3-10-9-20(7-6-19-10)11-4-5-13(12(15)8-11)21-14(16,17)18/h4-5,8,10,19H,2-3,6-7,9H2,1H3. The Balaban J connectivity index is 2.08. The average molecular weight is 367 g/mol. The lowest BCUT2D eigenvalue weighted by molar-refractivity contribution is -0.274. The van der Waals surface area contributed by atoms with Crippen molar-refractivity contribution < 1.29 is 17.9 Å². The van der Waals surface area contributed by atoms with E-state index in [9.17, 15) is 13.2 Å². The summed E-state index contributed by atoms with van der Waals surface area (Å²) in [4.78, 5) is 2.18. The molecule has 1 N–H and O–H groups in total. The number of hydrogen-bond acceptors (Lipinski definition) is 3. The van der Waals surface area contributed by atoms with Gasteiger partial charge in [-0.25, -0.2) is 0 Å². The summed E-state index contributed by atoms with van der Waals surface area (Å²) >= 11 is 3.14. The lowest BCUT2D eigenvalue weighted by atomic mass is 10.1. The van der Waals surface area contributed by atoms with E-state index >= 15 is 0 Å². The van der Waals surface area contributed by atoms with Crippen molar-refractivity contribution in [3.05, 3.63) is 22.7 Å². The van der Waals surface area contributed by atoms with Crippen LogP contribution in [0, 0.1) is 0 Å². The zero-order valence-corrected chi connectivity index (χ0v) is 13.3. The van der Waals surface area contributed by atoms with Gasteiger partial charge in [0.05, 0.1) is 4.47 Å². The van der Waals surface area contributed by atoms with Crippen molar-refractivity contribution in [2.75, 3.05) is 24.5 Å². The van der Waals surface area contributed by atoms with Gasteiger partial charge in [-0.15, -0.1) is 13.2 Å². The molecular formula is C14H18BrF3N2O. The average Bonchev–Trinajstić information content (AvgIpc) is 2.40. The number of hydrogen-bond donors (Lipinski definition) is 1. The minimum atomic E-state index is -4.68. The molecule has 2 rings (SSSR count). The van der Waals surface area contributed by atoms with E-state index < -0.39 is 6.36 Å². The summed E-state index contributed by atoms with van der Waals surface area (Å²) in [6.45, 7) is 4.72. The van der Waals surface area contributed by atoms with E-state index in [2.05, 4.69) is 37.8 Å². The summed E-state index contributed by atoms with van der Waals surface area (Å²) in [7, 11) is 0. The SMILES string of the molecule is CCCC1CN(c2ccc(OC(F)(F)F)c(Br)c2)CCN1. The molecule has 1 unspecified atom stereocenters. The Labute approximate surface area is 130 Å². The van der Waals surface area contributed by atoms with Crippen molar-refractivity contribution in [3.63, 3.8) is 0 Å². The third-order valence-electron chi connectivity index (χ3n) is 3.40. The van der Waals surface area contributed by atoms with Gasteiger partial charge in [-0.2, -0.15) is 0 Å². The van der Waals surface area contributed by atoms with Crippen molar-refractivity contribution in [2.24, 2.45) is 0 Å². The van der Waals surface area contributed by atoms with Crippen molar-refractivity contribution >= 4 is 21.6 Å². The number of nitrogens with one attached hydrogen (secondary N) is 1. The number of ether oxygens (including phenoxy) is 1.